The molecule has 0 atom stereocenters. The van der Waals surface area contributed by atoms with Crippen LogP contribution in [0.15, 0.2) is 29.9 Å². The first kappa shape index (κ1) is 15.4. The molecule has 2 aromatic heterocycles. The molecule has 0 bridgehead atoms. The Bertz CT molecular complexity index is 873. The summed E-state index contributed by atoms with van der Waals surface area (Å²) in [5, 5.41) is 14.9. The number of aryl methyl sites for hydroxylation is 2. The standard InChI is InChI=1S/C17H17N3O2S/c1-10-3-4-12(11(2)7-10)13-8-23-17-15(13)16(19-9-20-17)18-6-5-14(21)22/h3-4,7-9H,5-6H2,1-2H3,(H,21,22)(H,18,19,20). The van der Waals surface area contributed by atoms with E-state index in [9.17, 15) is 4.79 Å². The SMILES string of the molecule is Cc1ccc(-c2csc3ncnc(NCCC(=O)O)c23)c(C)c1. The second-order valence-corrected chi connectivity index (χ2v) is 6.30. The molecule has 5 nitrogen and oxygen atoms in total. The highest BCUT2D eigenvalue weighted by atomic mass is 32.1. The van der Waals surface area contributed by atoms with Crippen LogP contribution in [0.25, 0.3) is 21.3 Å². The van der Waals surface area contributed by atoms with Gasteiger partial charge in [-0.05, 0) is 25.0 Å². The summed E-state index contributed by atoms with van der Waals surface area (Å²) in [5.41, 5.74) is 4.66. The molecule has 0 unspecified atom stereocenters. The Kier molecular flexibility index (Phi) is 4.25. The molecule has 0 aliphatic heterocycles. The largest absolute Gasteiger partial charge is 0.481 e. The quantitative estimate of drug-likeness (QED) is 0.744. The number of carboxylic acid groups (broad SMARTS) is 1. The zero-order chi connectivity index (χ0) is 16.4. The van der Waals surface area contributed by atoms with Crippen LogP contribution >= 0.6 is 11.3 Å². The smallest absolute Gasteiger partial charge is 0.305 e. The van der Waals surface area contributed by atoms with E-state index >= 15 is 0 Å². The van der Waals surface area contributed by atoms with E-state index in [0.717, 1.165) is 21.3 Å². The van der Waals surface area contributed by atoms with Gasteiger partial charge in [0.05, 0.1) is 11.8 Å². The Morgan fingerprint density at radius 3 is 2.83 bits per heavy atom. The minimum Gasteiger partial charge on any atom is -0.481 e. The maximum Gasteiger partial charge on any atom is 0.305 e. The van der Waals surface area contributed by atoms with E-state index < -0.39 is 5.97 Å². The zero-order valence-corrected chi connectivity index (χ0v) is 13.8. The Morgan fingerprint density at radius 1 is 1.26 bits per heavy atom. The molecule has 0 spiro atoms. The Morgan fingerprint density at radius 2 is 2.09 bits per heavy atom. The van der Waals surface area contributed by atoms with E-state index in [4.69, 9.17) is 5.11 Å². The van der Waals surface area contributed by atoms with Crippen molar-refractivity contribution in [2.24, 2.45) is 0 Å². The average molecular weight is 327 g/mol. The summed E-state index contributed by atoms with van der Waals surface area (Å²) in [6.07, 6.45) is 1.56. The highest BCUT2D eigenvalue weighted by Gasteiger charge is 2.14. The fourth-order valence-electron chi connectivity index (χ4n) is 2.61. The van der Waals surface area contributed by atoms with Crippen molar-refractivity contribution in [2.45, 2.75) is 20.3 Å². The third-order valence-corrected chi connectivity index (χ3v) is 4.56. The van der Waals surface area contributed by atoms with Gasteiger partial charge in [-0.3, -0.25) is 4.79 Å². The molecule has 0 aliphatic rings. The Balaban J connectivity index is 2.06. The van der Waals surface area contributed by atoms with Gasteiger partial charge in [0.2, 0.25) is 0 Å². The number of benzene rings is 1. The van der Waals surface area contributed by atoms with Gasteiger partial charge >= 0.3 is 5.97 Å². The van der Waals surface area contributed by atoms with Crippen LogP contribution in [-0.2, 0) is 4.79 Å². The molecule has 3 rings (SSSR count). The van der Waals surface area contributed by atoms with Gasteiger partial charge in [-0.25, -0.2) is 9.97 Å². The average Bonchev–Trinajstić information content (AvgIpc) is 2.92. The molecule has 1 aromatic carbocycles. The van der Waals surface area contributed by atoms with Crippen LogP contribution < -0.4 is 5.32 Å². The van der Waals surface area contributed by atoms with E-state index in [2.05, 4.69) is 52.7 Å². The van der Waals surface area contributed by atoms with Gasteiger partial charge in [-0.2, -0.15) is 0 Å². The first-order valence-electron chi connectivity index (χ1n) is 7.31. The molecule has 3 aromatic rings. The first-order valence-corrected chi connectivity index (χ1v) is 8.19. The van der Waals surface area contributed by atoms with Gasteiger partial charge in [-0.15, -0.1) is 11.3 Å². The normalized spacial score (nSPS) is 10.9. The van der Waals surface area contributed by atoms with Crippen molar-refractivity contribution in [3.05, 3.63) is 41.0 Å². The summed E-state index contributed by atoms with van der Waals surface area (Å²) < 4.78 is 0. The first-order chi connectivity index (χ1) is 11.1. The lowest BCUT2D eigenvalue weighted by Crippen LogP contribution is -2.09. The van der Waals surface area contributed by atoms with Crippen LogP contribution in [0.3, 0.4) is 0 Å². The molecule has 6 heteroatoms. The predicted molar refractivity (Wildman–Crippen MR) is 93.1 cm³/mol. The van der Waals surface area contributed by atoms with Crippen LogP contribution in [0.1, 0.15) is 17.5 Å². The van der Waals surface area contributed by atoms with Gasteiger partial charge < -0.3 is 10.4 Å². The van der Waals surface area contributed by atoms with Crippen molar-refractivity contribution < 1.29 is 9.90 Å². The van der Waals surface area contributed by atoms with Crippen molar-refractivity contribution in [1.82, 2.24) is 9.97 Å². The number of aromatic nitrogens is 2. The third-order valence-electron chi connectivity index (χ3n) is 3.67. The number of carboxylic acids is 1. The topological polar surface area (TPSA) is 75.1 Å². The maximum absolute atomic E-state index is 10.7. The lowest BCUT2D eigenvalue weighted by Gasteiger charge is -2.09. The number of rotatable bonds is 5. The Hall–Kier alpha value is -2.47. The van der Waals surface area contributed by atoms with Crippen LogP contribution in [-0.4, -0.2) is 27.6 Å². The molecule has 2 N–H and O–H groups in total. The van der Waals surface area contributed by atoms with Crippen molar-refractivity contribution >= 4 is 33.3 Å². The third kappa shape index (κ3) is 3.17. The minimum absolute atomic E-state index is 0.0501. The monoisotopic (exact) mass is 327 g/mol. The number of carbonyl (C=O) groups is 1. The lowest BCUT2D eigenvalue weighted by atomic mass is 9.99. The van der Waals surface area contributed by atoms with Gasteiger partial charge in [-0.1, -0.05) is 23.8 Å². The summed E-state index contributed by atoms with van der Waals surface area (Å²) in [7, 11) is 0. The second-order valence-electron chi connectivity index (χ2n) is 5.44. The molecule has 0 radical (unpaired) electrons. The lowest BCUT2D eigenvalue weighted by molar-refractivity contribution is -0.136. The number of hydrogen-bond acceptors (Lipinski definition) is 5. The van der Waals surface area contributed by atoms with E-state index in [0.29, 0.717) is 12.4 Å². The minimum atomic E-state index is -0.831. The number of fused-ring (bicyclic) bond motifs is 1. The summed E-state index contributed by atoms with van der Waals surface area (Å²) >= 11 is 1.57. The summed E-state index contributed by atoms with van der Waals surface area (Å²) in [6.45, 7) is 4.50. The summed E-state index contributed by atoms with van der Waals surface area (Å²) in [4.78, 5) is 20.2. The van der Waals surface area contributed by atoms with Gasteiger partial charge in [0.25, 0.3) is 0 Å². The number of nitrogens with zero attached hydrogens (tertiary/aromatic N) is 2. The predicted octanol–water partition coefficient (Wildman–Crippen LogP) is 3.86. The molecule has 0 aliphatic carbocycles. The van der Waals surface area contributed by atoms with E-state index in [1.54, 1.807) is 11.3 Å². The highest BCUT2D eigenvalue weighted by Crippen LogP contribution is 2.37. The van der Waals surface area contributed by atoms with Crippen LogP contribution in [0.5, 0.6) is 0 Å². The molecular weight excluding hydrogens is 310 g/mol. The number of hydrogen-bond donors (Lipinski definition) is 2. The van der Waals surface area contributed by atoms with Crippen LogP contribution in [0, 0.1) is 13.8 Å². The molecule has 0 fully saturated rings. The van der Waals surface area contributed by atoms with Crippen molar-refractivity contribution in [1.29, 1.82) is 0 Å². The van der Waals surface area contributed by atoms with Gasteiger partial charge in [0, 0.05) is 17.5 Å². The molecule has 0 saturated heterocycles. The van der Waals surface area contributed by atoms with Gasteiger partial charge in [0.15, 0.2) is 0 Å². The van der Waals surface area contributed by atoms with Crippen molar-refractivity contribution in [3.63, 3.8) is 0 Å². The number of aliphatic carboxylic acids is 1. The Labute approximate surface area is 138 Å². The fourth-order valence-corrected chi connectivity index (χ4v) is 3.52. The highest BCUT2D eigenvalue weighted by molar-refractivity contribution is 7.17. The van der Waals surface area contributed by atoms with E-state index in [1.165, 1.54) is 17.5 Å². The molecule has 0 saturated carbocycles. The van der Waals surface area contributed by atoms with E-state index in [-0.39, 0.29) is 6.42 Å². The second kappa shape index (κ2) is 6.34. The number of nitrogens with one attached hydrogen (secondary N) is 1. The van der Waals surface area contributed by atoms with Crippen molar-refractivity contribution in [2.75, 3.05) is 11.9 Å². The fraction of sp³-hybridized carbons (Fsp3) is 0.235. The van der Waals surface area contributed by atoms with Gasteiger partial charge in [0.1, 0.15) is 17.0 Å². The molecule has 23 heavy (non-hydrogen) atoms. The van der Waals surface area contributed by atoms with E-state index in [1.807, 2.05) is 0 Å². The number of anilines is 1. The zero-order valence-electron chi connectivity index (χ0n) is 13.0. The molecule has 2 heterocycles. The van der Waals surface area contributed by atoms with Crippen LogP contribution in [0.4, 0.5) is 5.82 Å². The maximum atomic E-state index is 10.7. The van der Waals surface area contributed by atoms with Crippen LogP contribution in [0.2, 0.25) is 0 Å². The molecular formula is C17H17N3O2S. The van der Waals surface area contributed by atoms with Crippen molar-refractivity contribution in [3.8, 4) is 11.1 Å². The summed E-state index contributed by atoms with van der Waals surface area (Å²) in [5.74, 6) is -0.143. The summed E-state index contributed by atoms with van der Waals surface area (Å²) in [6, 6.07) is 6.35. The molecule has 0 amide bonds. The molecule has 118 valence electrons. The number of thiophene rings is 1.